The number of esters is 2. The van der Waals surface area contributed by atoms with Gasteiger partial charge in [0.2, 0.25) is 11.8 Å². The Morgan fingerprint density at radius 2 is 0.946 bits per heavy atom. The number of ether oxygens (including phenoxy) is 3. The maximum Gasteiger partial charge on any atom is 0.407 e. The van der Waals surface area contributed by atoms with Gasteiger partial charge in [-0.25, -0.2) is 4.79 Å². The molecule has 320 valence electrons. The molecule has 0 heterocycles. The van der Waals surface area contributed by atoms with Crippen LogP contribution in [0.5, 0.6) is 0 Å². The predicted octanol–water partition coefficient (Wildman–Crippen LogP) is 3.40. The first kappa shape index (κ1) is 56.0. The van der Waals surface area contributed by atoms with E-state index in [4.69, 9.17) is 19.9 Å². The third-order valence-corrected chi connectivity index (χ3v) is 6.61. The second-order valence-electron chi connectivity index (χ2n) is 14.2. The largest absolute Gasteiger partial charge is 0.460 e. The van der Waals surface area contributed by atoms with Gasteiger partial charge in [-0.1, -0.05) is 30.3 Å². The first-order chi connectivity index (χ1) is 25.2. The number of rotatable bonds is 23. The Bertz CT molecular complexity index is 1410. The normalized spacial score (nSPS) is 10.4. The zero-order chi connectivity index (χ0) is 41.2. The molecule has 0 saturated heterocycles. The summed E-state index contributed by atoms with van der Waals surface area (Å²) in [5.41, 5.74) is 4.85. The Morgan fingerprint density at radius 3 is 1.36 bits per heavy atom. The van der Waals surface area contributed by atoms with Gasteiger partial charge in [0.15, 0.2) is 17.3 Å². The van der Waals surface area contributed by atoms with Crippen molar-refractivity contribution in [2.24, 2.45) is 5.73 Å². The summed E-state index contributed by atoms with van der Waals surface area (Å²) in [7, 11) is 0. The van der Waals surface area contributed by atoms with Crippen LogP contribution in [0.1, 0.15) is 111 Å². The summed E-state index contributed by atoms with van der Waals surface area (Å²) in [6.07, 6.45) is 0.592. The summed E-state index contributed by atoms with van der Waals surface area (Å²) in [6, 6.07) is 9.11. The molecule has 0 radical (unpaired) electrons. The number of hydrogen-bond donors (Lipinski definition) is 4. The second-order valence-corrected chi connectivity index (χ2v) is 14.2. The van der Waals surface area contributed by atoms with Crippen LogP contribution in [0, 0.1) is 7.43 Å². The van der Waals surface area contributed by atoms with Crippen molar-refractivity contribution >= 4 is 53.0 Å². The van der Waals surface area contributed by atoms with Crippen LogP contribution in [0.15, 0.2) is 30.3 Å². The van der Waals surface area contributed by atoms with E-state index >= 15 is 0 Å². The van der Waals surface area contributed by atoms with Gasteiger partial charge >= 0.3 is 18.0 Å². The molecule has 0 aromatic heterocycles. The molecule has 3 amide bonds. The summed E-state index contributed by atoms with van der Waals surface area (Å²) in [5.74, 6) is -2.42. The third-order valence-electron chi connectivity index (χ3n) is 6.61. The minimum atomic E-state index is -0.719. The van der Waals surface area contributed by atoms with E-state index < -0.39 is 23.2 Å². The maximum atomic E-state index is 11.8. The molecule has 1 aromatic carbocycles. The Hall–Kier alpha value is -4.33. The molecule has 0 saturated carbocycles. The van der Waals surface area contributed by atoms with Crippen molar-refractivity contribution in [1.29, 1.82) is 0 Å². The summed E-state index contributed by atoms with van der Waals surface area (Å²) in [4.78, 5) is 104. The number of Topliss-reactive ketones (excluding diaryl/α,β-unsaturated/α-hetero) is 4. The zero-order valence-corrected chi connectivity index (χ0v) is 35.3. The van der Waals surface area contributed by atoms with Crippen molar-refractivity contribution in [3.63, 3.8) is 0 Å². The monoisotopic (exact) mass is 883 g/mol. The van der Waals surface area contributed by atoms with Crippen molar-refractivity contribution in [3.8, 4) is 0 Å². The molecule has 56 heavy (non-hydrogen) atoms. The number of nitrogens with one attached hydrogen (secondary N) is 3. The van der Waals surface area contributed by atoms with Gasteiger partial charge in [0.1, 0.15) is 23.6 Å². The zero-order valence-electron chi connectivity index (χ0n) is 33.8. The fourth-order valence-corrected chi connectivity index (χ4v) is 4.03. The van der Waals surface area contributed by atoms with E-state index in [-0.39, 0.29) is 153 Å². The van der Waals surface area contributed by atoms with Crippen LogP contribution in [-0.4, -0.2) is 90.4 Å². The summed E-state index contributed by atoms with van der Waals surface area (Å²) >= 11 is 0. The fourth-order valence-electron chi connectivity index (χ4n) is 4.03. The van der Waals surface area contributed by atoms with Crippen molar-refractivity contribution in [3.05, 3.63) is 43.3 Å². The molecule has 0 fully saturated rings. The molecular formula is C39H61N4O12Pd-. The molecule has 0 unspecified atom stereocenters. The van der Waals surface area contributed by atoms with Gasteiger partial charge in [-0.15, -0.1) is 0 Å². The molecule has 5 N–H and O–H groups in total. The molecule has 0 aliphatic rings. The van der Waals surface area contributed by atoms with Gasteiger partial charge < -0.3 is 43.3 Å². The number of carbonyl (C=O) groups is 9. The third kappa shape index (κ3) is 35.4. The minimum absolute atomic E-state index is 0. The van der Waals surface area contributed by atoms with Crippen molar-refractivity contribution in [2.45, 2.75) is 124 Å². The van der Waals surface area contributed by atoms with Gasteiger partial charge in [0, 0.05) is 71.8 Å². The Labute approximate surface area is 344 Å². The molecule has 1 rings (SSSR count). The van der Waals surface area contributed by atoms with E-state index in [1.807, 2.05) is 30.3 Å². The molecule has 0 spiro atoms. The molecule has 1 aromatic rings. The average Bonchev–Trinajstić information content (AvgIpc) is 3.08. The second kappa shape index (κ2) is 30.8. The van der Waals surface area contributed by atoms with Gasteiger partial charge in [-0.2, -0.15) is 0 Å². The molecule has 17 heteroatoms. The Balaban J connectivity index is -0.00000103. The van der Waals surface area contributed by atoms with Crippen LogP contribution in [0.3, 0.4) is 0 Å². The standard InChI is InChI=1S/C23H32N2O7.C15H26N2O5.CH3.Pd/c1-23(2,3)32-21(29)11-7-10-18(26)14-24-20(28)13-12-19(27)15-25-22(30)31-16-17-8-5-4-6-9-17;1-15(2,3)22-14(21)6-4-5-12(19)10-17-13(20)8-7-11(18)9-16;;/h4-6,8-9H,7,10-16H2,1-3H3,(H,24,28)(H,25,30);4-10,16H2,1-3H3,(H,17,20);1H3;/q;;-1;. The molecule has 16 nitrogen and oxygen atoms in total. The van der Waals surface area contributed by atoms with E-state index in [9.17, 15) is 43.2 Å². The smallest absolute Gasteiger partial charge is 0.407 e. The molecule has 0 bridgehead atoms. The van der Waals surface area contributed by atoms with Crippen LogP contribution in [-0.2, 0) is 79.6 Å². The van der Waals surface area contributed by atoms with Crippen molar-refractivity contribution < 1.29 is 77.8 Å². The van der Waals surface area contributed by atoms with Crippen LogP contribution < -0.4 is 21.7 Å². The summed E-state index contributed by atoms with van der Waals surface area (Å²) in [5, 5.41) is 7.23. The van der Waals surface area contributed by atoms with E-state index in [0.29, 0.717) is 12.8 Å². The SMILES string of the molecule is CC(C)(C)OC(=O)CCCC(=O)CNC(=O)CCC(=O)CN.CC(C)(C)OC(=O)CCCC(=O)CNC(=O)CCC(=O)CNC(=O)OCc1ccccc1.[CH3-].[Pd]. The van der Waals surface area contributed by atoms with Crippen LogP contribution >= 0.6 is 0 Å². The quantitative estimate of drug-likeness (QED) is 0.0534. The average molecular weight is 884 g/mol. The van der Waals surface area contributed by atoms with Crippen molar-refractivity contribution in [1.82, 2.24) is 16.0 Å². The first-order valence-electron chi connectivity index (χ1n) is 17.9. The van der Waals surface area contributed by atoms with Crippen LogP contribution in [0.4, 0.5) is 4.79 Å². The number of benzene rings is 1. The van der Waals surface area contributed by atoms with Gasteiger partial charge in [-0.05, 0) is 59.9 Å². The number of nitrogens with two attached hydrogens (primary N) is 1. The topological polar surface area (TPSA) is 243 Å². The van der Waals surface area contributed by atoms with Crippen molar-refractivity contribution in [2.75, 3.05) is 26.2 Å². The van der Waals surface area contributed by atoms with E-state index in [1.54, 1.807) is 41.5 Å². The molecule has 0 aliphatic carbocycles. The number of amides is 3. The summed E-state index contributed by atoms with van der Waals surface area (Å²) < 4.78 is 15.3. The van der Waals surface area contributed by atoms with Crippen LogP contribution in [0.25, 0.3) is 0 Å². The molecular weight excluding hydrogens is 823 g/mol. The predicted molar refractivity (Wildman–Crippen MR) is 204 cm³/mol. The number of hydrogen-bond acceptors (Lipinski definition) is 13. The minimum Gasteiger partial charge on any atom is -0.460 e. The van der Waals surface area contributed by atoms with Gasteiger partial charge in [-0.3, -0.25) is 38.4 Å². The first-order valence-corrected chi connectivity index (χ1v) is 17.9. The fraction of sp³-hybridized carbons (Fsp3) is 0.590. The maximum absolute atomic E-state index is 11.8. The van der Waals surface area contributed by atoms with Gasteiger partial charge in [0.25, 0.3) is 0 Å². The number of ketones is 4. The van der Waals surface area contributed by atoms with Gasteiger partial charge in [0.05, 0.1) is 26.2 Å². The summed E-state index contributed by atoms with van der Waals surface area (Å²) in [6.45, 7) is 10.1. The van der Waals surface area contributed by atoms with Crippen LogP contribution in [0.2, 0.25) is 0 Å². The van der Waals surface area contributed by atoms with E-state index in [1.165, 1.54) is 0 Å². The van der Waals surface area contributed by atoms with E-state index in [0.717, 1.165) is 5.56 Å². The Morgan fingerprint density at radius 1 is 0.554 bits per heavy atom. The number of carbonyl (C=O) groups excluding carboxylic acids is 9. The molecule has 0 aliphatic heterocycles. The Kier molecular flexibility index (Phi) is 30.8. The molecule has 0 atom stereocenters. The van der Waals surface area contributed by atoms with E-state index in [2.05, 4.69) is 16.0 Å². The number of alkyl carbamates (subject to hydrolysis) is 1.